The molecule has 2 rings (SSSR count). The van der Waals surface area contributed by atoms with Crippen LogP contribution in [0.1, 0.15) is 31.4 Å². The number of thiophene rings is 1. The van der Waals surface area contributed by atoms with E-state index in [0.29, 0.717) is 12.0 Å². The van der Waals surface area contributed by atoms with Gasteiger partial charge in [-0.05, 0) is 41.1 Å². The summed E-state index contributed by atoms with van der Waals surface area (Å²) in [6.45, 7) is 7.52. The fraction of sp³-hybridized carbons (Fsp3) is 0.615. The van der Waals surface area contributed by atoms with Crippen molar-refractivity contribution in [1.29, 1.82) is 0 Å². The number of aryl methyl sites for hydroxylation is 1. The van der Waals surface area contributed by atoms with Gasteiger partial charge in [0, 0.05) is 11.8 Å². The molecule has 1 atom stereocenters. The third-order valence-corrected chi connectivity index (χ3v) is 5.01. The Balaban J connectivity index is 1.95. The standard InChI is InChI=1S/C13H20N2S2/c1-9(2)12-4-5-17-13(15-12)14-6-11-8-16-7-10(11)3/h7-9,12H,4-6H2,1-3H3,(H,14,15). The van der Waals surface area contributed by atoms with E-state index >= 15 is 0 Å². The lowest BCUT2D eigenvalue weighted by molar-refractivity contribution is 0.442. The smallest absolute Gasteiger partial charge is 0.157 e. The summed E-state index contributed by atoms with van der Waals surface area (Å²) < 4.78 is 0. The molecule has 1 unspecified atom stereocenters. The first-order valence-electron chi connectivity index (χ1n) is 6.12. The molecule has 1 saturated heterocycles. The zero-order valence-corrected chi connectivity index (χ0v) is 12.3. The van der Waals surface area contributed by atoms with Gasteiger partial charge in [-0.15, -0.1) is 0 Å². The number of thioether (sulfide) groups is 1. The van der Waals surface area contributed by atoms with E-state index < -0.39 is 0 Å². The van der Waals surface area contributed by atoms with Crippen molar-refractivity contribution in [2.75, 3.05) is 5.75 Å². The molecule has 2 heterocycles. The van der Waals surface area contributed by atoms with Crippen molar-refractivity contribution in [3.8, 4) is 0 Å². The fourth-order valence-corrected chi connectivity index (χ4v) is 3.66. The summed E-state index contributed by atoms with van der Waals surface area (Å²) in [6, 6.07) is 0.596. The SMILES string of the molecule is Cc1cscc1CN=C1NC(C(C)C)CCS1. The van der Waals surface area contributed by atoms with Crippen LogP contribution >= 0.6 is 23.1 Å². The molecule has 94 valence electrons. The fourth-order valence-electron chi connectivity index (χ4n) is 1.85. The van der Waals surface area contributed by atoms with E-state index in [1.807, 2.05) is 11.8 Å². The number of hydrogen-bond donors (Lipinski definition) is 1. The molecule has 1 aromatic rings. The van der Waals surface area contributed by atoms with E-state index in [4.69, 9.17) is 4.99 Å². The average Bonchev–Trinajstić information content (AvgIpc) is 2.72. The molecule has 1 aliphatic heterocycles. The van der Waals surface area contributed by atoms with Crippen LogP contribution in [0.25, 0.3) is 0 Å². The minimum absolute atomic E-state index is 0.596. The van der Waals surface area contributed by atoms with Gasteiger partial charge in [0.25, 0.3) is 0 Å². The van der Waals surface area contributed by atoms with Gasteiger partial charge in [-0.3, -0.25) is 4.99 Å². The van der Waals surface area contributed by atoms with E-state index in [0.717, 1.165) is 11.7 Å². The second-order valence-electron chi connectivity index (χ2n) is 4.83. The highest BCUT2D eigenvalue weighted by Crippen LogP contribution is 2.20. The van der Waals surface area contributed by atoms with Crippen molar-refractivity contribution in [3.05, 3.63) is 21.9 Å². The highest BCUT2D eigenvalue weighted by Gasteiger charge is 2.19. The van der Waals surface area contributed by atoms with Crippen LogP contribution in [0.5, 0.6) is 0 Å². The molecule has 0 bridgehead atoms. The molecule has 0 radical (unpaired) electrons. The third-order valence-electron chi connectivity index (χ3n) is 3.14. The molecule has 1 N–H and O–H groups in total. The second-order valence-corrected chi connectivity index (χ2v) is 6.66. The summed E-state index contributed by atoms with van der Waals surface area (Å²) in [7, 11) is 0. The Morgan fingerprint density at radius 3 is 2.94 bits per heavy atom. The van der Waals surface area contributed by atoms with E-state index in [-0.39, 0.29) is 0 Å². The molecular weight excluding hydrogens is 248 g/mol. The Labute approximate surface area is 112 Å². The van der Waals surface area contributed by atoms with Crippen molar-refractivity contribution >= 4 is 28.3 Å². The first-order chi connectivity index (χ1) is 8.16. The van der Waals surface area contributed by atoms with Gasteiger partial charge >= 0.3 is 0 Å². The summed E-state index contributed by atoms with van der Waals surface area (Å²) in [4.78, 5) is 4.69. The molecular formula is C13H20N2S2. The van der Waals surface area contributed by atoms with Gasteiger partial charge < -0.3 is 5.32 Å². The number of nitrogens with zero attached hydrogens (tertiary/aromatic N) is 1. The topological polar surface area (TPSA) is 24.4 Å². The number of amidine groups is 1. The van der Waals surface area contributed by atoms with Gasteiger partial charge in [0.05, 0.1) is 6.54 Å². The lowest BCUT2D eigenvalue weighted by atomic mass is 10.0. The number of hydrogen-bond acceptors (Lipinski definition) is 3. The van der Waals surface area contributed by atoms with Crippen LogP contribution < -0.4 is 5.32 Å². The number of aliphatic imine (C=N–C) groups is 1. The predicted octanol–water partition coefficient (Wildman–Crippen LogP) is 3.66. The number of nitrogens with one attached hydrogen (secondary N) is 1. The molecule has 4 heteroatoms. The van der Waals surface area contributed by atoms with Gasteiger partial charge in [-0.1, -0.05) is 25.6 Å². The van der Waals surface area contributed by atoms with E-state index in [1.54, 1.807) is 11.3 Å². The predicted molar refractivity (Wildman–Crippen MR) is 79.0 cm³/mol. The monoisotopic (exact) mass is 268 g/mol. The van der Waals surface area contributed by atoms with E-state index in [1.165, 1.54) is 23.3 Å². The Kier molecular flexibility index (Phi) is 4.51. The maximum absolute atomic E-state index is 4.69. The lowest BCUT2D eigenvalue weighted by Gasteiger charge is -2.28. The van der Waals surface area contributed by atoms with E-state index in [9.17, 15) is 0 Å². The molecule has 0 amide bonds. The van der Waals surface area contributed by atoms with Gasteiger partial charge in [0.2, 0.25) is 0 Å². The molecule has 1 fully saturated rings. The third kappa shape index (κ3) is 3.49. The van der Waals surface area contributed by atoms with Crippen molar-refractivity contribution in [3.63, 3.8) is 0 Å². The first kappa shape index (κ1) is 13.0. The summed E-state index contributed by atoms with van der Waals surface area (Å²) in [5, 5.41) is 9.07. The first-order valence-corrected chi connectivity index (χ1v) is 8.05. The van der Waals surface area contributed by atoms with Gasteiger partial charge in [-0.25, -0.2) is 0 Å². The van der Waals surface area contributed by atoms with Crippen LogP contribution in [0.3, 0.4) is 0 Å². The molecule has 0 aromatic carbocycles. The van der Waals surface area contributed by atoms with Gasteiger partial charge in [0.15, 0.2) is 5.17 Å². The van der Waals surface area contributed by atoms with Gasteiger partial charge in [-0.2, -0.15) is 11.3 Å². The normalized spacial score (nSPS) is 23.1. The highest BCUT2D eigenvalue weighted by molar-refractivity contribution is 8.13. The van der Waals surface area contributed by atoms with Crippen LogP contribution in [0, 0.1) is 12.8 Å². The lowest BCUT2D eigenvalue weighted by Crippen LogP contribution is -2.41. The Hall–Kier alpha value is -0.480. The Morgan fingerprint density at radius 2 is 2.29 bits per heavy atom. The molecule has 17 heavy (non-hydrogen) atoms. The second kappa shape index (κ2) is 5.91. The van der Waals surface area contributed by atoms with Crippen LogP contribution in [0.15, 0.2) is 15.8 Å². The minimum atomic E-state index is 0.596. The van der Waals surface area contributed by atoms with Crippen LogP contribution in [-0.4, -0.2) is 17.0 Å². The quantitative estimate of drug-likeness (QED) is 0.904. The summed E-state index contributed by atoms with van der Waals surface area (Å²) in [6.07, 6.45) is 1.25. The zero-order chi connectivity index (χ0) is 12.3. The molecule has 1 aromatic heterocycles. The van der Waals surface area contributed by atoms with Crippen molar-refractivity contribution in [2.24, 2.45) is 10.9 Å². The Morgan fingerprint density at radius 1 is 1.47 bits per heavy atom. The van der Waals surface area contributed by atoms with Gasteiger partial charge in [0.1, 0.15) is 0 Å². The maximum atomic E-state index is 4.69. The molecule has 0 aliphatic carbocycles. The molecule has 0 saturated carbocycles. The van der Waals surface area contributed by atoms with Crippen molar-refractivity contribution in [2.45, 2.75) is 39.8 Å². The number of rotatable bonds is 3. The van der Waals surface area contributed by atoms with Crippen LogP contribution in [0.2, 0.25) is 0 Å². The Bertz CT molecular complexity index is 396. The average molecular weight is 268 g/mol. The zero-order valence-electron chi connectivity index (χ0n) is 10.7. The maximum Gasteiger partial charge on any atom is 0.157 e. The summed E-state index contributed by atoms with van der Waals surface area (Å²) in [5.74, 6) is 1.88. The van der Waals surface area contributed by atoms with Crippen molar-refractivity contribution in [1.82, 2.24) is 5.32 Å². The highest BCUT2D eigenvalue weighted by atomic mass is 32.2. The molecule has 2 nitrogen and oxygen atoms in total. The van der Waals surface area contributed by atoms with Crippen LogP contribution in [-0.2, 0) is 6.54 Å². The summed E-state index contributed by atoms with van der Waals surface area (Å²) in [5.41, 5.74) is 2.72. The van der Waals surface area contributed by atoms with Crippen molar-refractivity contribution < 1.29 is 0 Å². The largest absolute Gasteiger partial charge is 0.362 e. The minimum Gasteiger partial charge on any atom is -0.362 e. The van der Waals surface area contributed by atoms with Crippen LogP contribution in [0.4, 0.5) is 0 Å². The summed E-state index contributed by atoms with van der Waals surface area (Å²) >= 11 is 3.62. The molecule has 1 aliphatic rings. The molecule has 0 spiro atoms. The van der Waals surface area contributed by atoms with E-state index in [2.05, 4.69) is 36.8 Å².